The van der Waals surface area contributed by atoms with Crippen LogP contribution in [0.4, 0.5) is 0 Å². The van der Waals surface area contributed by atoms with E-state index in [4.69, 9.17) is 10.5 Å². The fourth-order valence-corrected chi connectivity index (χ4v) is 1.64. The Hall–Kier alpha value is -0.120. The van der Waals surface area contributed by atoms with Gasteiger partial charge in [-0.15, -0.1) is 0 Å². The predicted octanol–water partition coefficient (Wildman–Crippen LogP) is 0.123. The lowest BCUT2D eigenvalue weighted by molar-refractivity contribution is -0.0657. The smallest absolute Gasteiger partial charge is 0.0841 e. The summed E-state index contributed by atoms with van der Waals surface area (Å²) in [6.45, 7) is 0.995. The quantitative estimate of drug-likeness (QED) is 0.612. The molecule has 11 heavy (non-hydrogen) atoms. The van der Waals surface area contributed by atoms with E-state index in [9.17, 15) is 5.11 Å². The highest BCUT2D eigenvalue weighted by atomic mass is 16.5. The molecule has 0 radical (unpaired) electrons. The highest BCUT2D eigenvalue weighted by molar-refractivity contribution is 4.94. The van der Waals surface area contributed by atoms with Crippen LogP contribution in [-0.2, 0) is 4.74 Å². The van der Waals surface area contributed by atoms with Crippen LogP contribution in [0.25, 0.3) is 0 Å². The number of aliphatic hydroxyl groups is 1. The second-order valence-corrected chi connectivity index (χ2v) is 3.39. The first-order chi connectivity index (χ1) is 5.25. The van der Waals surface area contributed by atoms with Gasteiger partial charge in [-0.1, -0.05) is 6.42 Å². The third-order valence-corrected chi connectivity index (χ3v) is 2.79. The molecule has 0 aliphatic heterocycles. The highest BCUT2D eigenvalue weighted by Crippen LogP contribution is 2.42. The molecule has 0 spiro atoms. The van der Waals surface area contributed by atoms with Gasteiger partial charge in [0.15, 0.2) is 0 Å². The summed E-state index contributed by atoms with van der Waals surface area (Å²) in [4.78, 5) is 0. The summed E-state index contributed by atoms with van der Waals surface area (Å²) in [5, 5.41) is 9.61. The Morgan fingerprint density at radius 1 is 1.64 bits per heavy atom. The molecule has 1 atom stereocenters. The Morgan fingerprint density at radius 3 is 2.55 bits per heavy atom. The lowest BCUT2D eigenvalue weighted by atomic mass is 9.65. The van der Waals surface area contributed by atoms with Gasteiger partial charge in [0, 0.05) is 19.1 Å². The Balaban J connectivity index is 2.40. The van der Waals surface area contributed by atoms with E-state index in [2.05, 4.69) is 0 Å². The molecule has 3 heteroatoms. The zero-order valence-corrected chi connectivity index (χ0v) is 7.05. The molecule has 1 aliphatic rings. The second kappa shape index (κ2) is 3.52. The van der Waals surface area contributed by atoms with Crippen LogP contribution in [0.5, 0.6) is 0 Å². The number of hydrogen-bond acceptors (Lipinski definition) is 3. The van der Waals surface area contributed by atoms with Crippen LogP contribution in [0.2, 0.25) is 0 Å². The van der Waals surface area contributed by atoms with Gasteiger partial charge >= 0.3 is 0 Å². The number of nitrogens with two attached hydrogens (primary N) is 1. The minimum atomic E-state index is -0.369. The van der Waals surface area contributed by atoms with Crippen LogP contribution in [0, 0.1) is 5.41 Å². The maximum Gasteiger partial charge on any atom is 0.0841 e. The van der Waals surface area contributed by atoms with Crippen molar-refractivity contribution >= 4 is 0 Å². The zero-order valence-electron chi connectivity index (χ0n) is 7.05. The van der Waals surface area contributed by atoms with Crippen LogP contribution in [0.3, 0.4) is 0 Å². The summed E-state index contributed by atoms with van der Waals surface area (Å²) >= 11 is 0. The number of hydrogen-bond donors (Lipinski definition) is 2. The first-order valence-corrected chi connectivity index (χ1v) is 4.12. The van der Waals surface area contributed by atoms with E-state index in [0.29, 0.717) is 13.2 Å². The van der Waals surface area contributed by atoms with E-state index < -0.39 is 0 Å². The van der Waals surface area contributed by atoms with Crippen molar-refractivity contribution in [2.45, 2.75) is 25.4 Å². The van der Waals surface area contributed by atoms with Crippen molar-refractivity contribution in [3.05, 3.63) is 0 Å². The van der Waals surface area contributed by atoms with Crippen molar-refractivity contribution in [1.29, 1.82) is 0 Å². The van der Waals surface area contributed by atoms with Gasteiger partial charge in [-0.05, 0) is 12.8 Å². The fourth-order valence-electron chi connectivity index (χ4n) is 1.64. The molecule has 1 saturated carbocycles. The summed E-state index contributed by atoms with van der Waals surface area (Å²) in [7, 11) is 1.60. The summed E-state index contributed by atoms with van der Waals surface area (Å²) in [6.07, 6.45) is 2.92. The van der Waals surface area contributed by atoms with Crippen molar-refractivity contribution in [3.8, 4) is 0 Å². The normalized spacial score (nSPS) is 24.3. The summed E-state index contributed by atoms with van der Waals surface area (Å²) in [5.41, 5.74) is 5.57. The lowest BCUT2D eigenvalue weighted by Crippen LogP contribution is -2.48. The minimum Gasteiger partial charge on any atom is -0.390 e. The Labute approximate surface area is 67.5 Å². The first-order valence-electron chi connectivity index (χ1n) is 4.12. The van der Waals surface area contributed by atoms with Gasteiger partial charge in [-0.3, -0.25) is 0 Å². The molecule has 0 bridgehead atoms. The second-order valence-electron chi connectivity index (χ2n) is 3.39. The van der Waals surface area contributed by atoms with E-state index in [1.165, 1.54) is 6.42 Å². The average Bonchev–Trinajstić information content (AvgIpc) is 1.87. The Bertz CT molecular complexity index is 118. The SMILES string of the molecule is COC[C@@H](O)C1(CN)CCC1. The third-order valence-electron chi connectivity index (χ3n) is 2.79. The standard InChI is InChI=1S/C8H17NO2/c1-11-5-7(10)8(6-9)3-2-4-8/h7,10H,2-6,9H2,1H3/t7-/m1/s1. The molecule has 1 fully saturated rings. The number of rotatable bonds is 4. The molecule has 0 aromatic heterocycles. The van der Waals surface area contributed by atoms with E-state index >= 15 is 0 Å². The molecule has 3 N–H and O–H groups in total. The molecule has 1 aliphatic carbocycles. The van der Waals surface area contributed by atoms with Gasteiger partial charge in [0.1, 0.15) is 0 Å². The number of aliphatic hydroxyl groups excluding tert-OH is 1. The molecule has 1 rings (SSSR count). The minimum absolute atomic E-state index is 0.0178. The van der Waals surface area contributed by atoms with E-state index in [0.717, 1.165) is 12.8 Å². The van der Waals surface area contributed by atoms with Crippen molar-refractivity contribution in [2.24, 2.45) is 11.1 Å². The average molecular weight is 159 g/mol. The molecular weight excluding hydrogens is 142 g/mol. The molecule has 66 valence electrons. The predicted molar refractivity (Wildman–Crippen MR) is 43.2 cm³/mol. The summed E-state index contributed by atoms with van der Waals surface area (Å²) in [5.74, 6) is 0. The van der Waals surface area contributed by atoms with Crippen LogP contribution in [-0.4, -0.2) is 31.5 Å². The first kappa shape index (κ1) is 8.97. The Kier molecular flexibility index (Phi) is 2.87. The summed E-state index contributed by atoms with van der Waals surface area (Å²) < 4.78 is 4.88. The lowest BCUT2D eigenvalue weighted by Gasteiger charge is -2.44. The third kappa shape index (κ3) is 1.55. The van der Waals surface area contributed by atoms with Gasteiger partial charge in [-0.25, -0.2) is 0 Å². The van der Waals surface area contributed by atoms with Gasteiger partial charge in [0.2, 0.25) is 0 Å². The van der Waals surface area contributed by atoms with Crippen LogP contribution in [0.1, 0.15) is 19.3 Å². The summed E-state index contributed by atoms with van der Waals surface area (Å²) in [6, 6.07) is 0. The van der Waals surface area contributed by atoms with Crippen molar-refractivity contribution < 1.29 is 9.84 Å². The van der Waals surface area contributed by atoms with Gasteiger partial charge in [-0.2, -0.15) is 0 Å². The maximum absolute atomic E-state index is 9.61. The molecular formula is C8H17NO2. The monoisotopic (exact) mass is 159 g/mol. The molecule has 0 amide bonds. The molecule has 0 unspecified atom stereocenters. The van der Waals surface area contributed by atoms with Crippen LogP contribution in [0.15, 0.2) is 0 Å². The van der Waals surface area contributed by atoms with Crippen molar-refractivity contribution in [3.63, 3.8) is 0 Å². The maximum atomic E-state index is 9.61. The Morgan fingerprint density at radius 2 is 2.27 bits per heavy atom. The number of ether oxygens (including phenoxy) is 1. The van der Waals surface area contributed by atoms with Gasteiger partial charge in [0.05, 0.1) is 12.7 Å². The highest BCUT2D eigenvalue weighted by Gasteiger charge is 2.41. The van der Waals surface area contributed by atoms with Crippen LogP contribution >= 0.6 is 0 Å². The van der Waals surface area contributed by atoms with E-state index in [1.54, 1.807) is 7.11 Å². The molecule has 0 aromatic carbocycles. The van der Waals surface area contributed by atoms with Gasteiger partial charge < -0.3 is 15.6 Å². The zero-order chi connectivity index (χ0) is 8.32. The fraction of sp³-hybridized carbons (Fsp3) is 1.00. The van der Waals surface area contributed by atoms with Gasteiger partial charge in [0.25, 0.3) is 0 Å². The molecule has 0 saturated heterocycles. The topological polar surface area (TPSA) is 55.5 Å². The van der Waals surface area contributed by atoms with Crippen LogP contribution < -0.4 is 5.73 Å². The van der Waals surface area contributed by atoms with Crippen molar-refractivity contribution in [1.82, 2.24) is 0 Å². The van der Waals surface area contributed by atoms with E-state index in [1.807, 2.05) is 0 Å². The van der Waals surface area contributed by atoms with Crippen molar-refractivity contribution in [2.75, 3.05) is 20.3 Å². The van der Waals surface area contributed by atoms with E-state index in [-0.39, 0.29) is 11.5 Å². The largest absolute Gasteiger partial charge is 0.390 e. The molecule has 0 aromatic rings. The molecule has 0 heterocycles. The molecule has 3 nitrogen and oxygen atoms in total. The number of methoxy groups -OCH3 is 1.